The highest BCUT2D eigenvalue weighted by Crippen LogP contribution is 2.57. The SMILES string of the molecule is C=C1C[C@@H](OCc2ccccc2)[C@@]2(O)[C@@H](OC(=O)[C@@]2(C)O[Si](C)(C)C(C)(C)C)C2=C(C)[C@H](C)C[C@H]12. The Balaban J connectivity index is 1.84. The zero-order valence-corrected chi connectivity index (χ0v) is 23.6. The smallest absolute Gasteiger partial charge is 0.341 e. The van der Waals surface area contributed by atoms with Crippen molar-refractivity contribution in [3.8, 4) is 0 Å². The first kappa shape index (κ1) is 26.3. The summed E-state index contributed by atoms with van der Waals surface area (Å²) in [4.78, 5) is 13.7. The maximum Gasteiger partial charge on any atom is 0.341 e. The van der Waals surface area contributed by atoms with Crippen molar-refractivity contribution >= 4 is 14.3 Å². The van der Waals surface area contributed by atoms with E-state index in [2.05, 4.69) is 54.3 Å². The minimum absolute atomic E-state index is 0.0647. The lowest BCUT2D eigenvalue weighted by Crippen LogP contribution is -2.68. The van der Waals surface area contributed by atoms with E-state index in [4.69, 9.17) is 13.9 Å². The molecular weight excluding hydrogens is 456 g/mol. The van der Waals surface area contributed by atoms with Crippen LogP contribution in [0.5, 0.6) is 0 Å². The molecule has 4 rings (SSSR count). The van der Waals surface area contributed by atoms with Crippen molar-refractivity contribution in [3.63, 3.8) is 0 Å². The number of fused-ring (bicyclic) bond motifs is 3. The van der Waals surface area contributed by atoms with Gasteiger partial charge in [-0.1, -0.05) is 75.8 Å². The molecule has 1 aromatic carbocycles. The van der Waals surface area contributed by atoms with Gasteiger partial charge in [0.2, 0.25) is 0 Å². The summed E-state index contributed by atoms with van der Waals surface area (Å²) in [5.74, 6) is -0.103. The van der Waals surface area contributed by atoms with E-state index in [0.717, 1.165) is 23.1 Å². The normalized spacial score (nSPS) is 35.6. The summed E-state index contributed by atoms with van der Waals surface area (Å²) in [6.45, 7) is 21.3. The number of hydrogen-bond acceptors (Lipinski definition) is 5. The highest BCUT2D eigenvalue weighted by Gasteiger charge is 2.73. The van der Waals surface area contributed by atoms with E-state index in [-0.39, 0.29) is 11.0 Å². The third-order valence-corrected chi connectivity index (χ3v) is 13.7. The number of hydrogen-bond donors (Lipinski definition) is 1. The van der Waals surface area contributed by atoms with Crippen LogP contribution in [0.1, 0.15) is 59.9 Å². The lowest BCUT2D eigenvalue weighted by atomic mass is 9.75. The predicted octanol–water partition coefficient (Wildman–Crippen LogP) is 5.94. The van der Waals surface area contributed by atoms with Crippen molar-refractivity contribution in [1.29, 1.82) is 0 Å². The van der Waals surface area contributed by atoms with Crippen LogP contribution in [-0.2, 0) is 25.3 Å². The topological polar surface area (TPSA) is 65.0 Å². The summed E-state index contributed by atoms with van der Waals surface area (Å²) in [6.07, 6.45) is -0.168. The fourth-order valence-electron chi connectivity index (χ4n) is 5.77. The molecule has 0 unspecified atom stereocenters. The molecule has 1 saturated carbocycles. The minimum atomic E-state index is -2.48. The summed E-state index contributed by atoms with van der Waals surface area (Å²) >= 11 is 0. The minimum Gasteiger partial charge on any atom is -0.452 e. The lowest BCUT2D eigenvalue weighted by Gasteiger charge is -2.48. The van der Waals surface area contributed by atoms with E-state index in [0.29, 0.717) is 18.9 Å². The third-order valence-electron chi connectivity index (χ3n) is 9.21. The molecule has 1 aromatic rings. The molecule has 6 atom stereocenters. The van der Waals surface area contributed by atoms with E-state index >= 15 is 0 Å². The van der Waals surface area contributed by atoms with Crippen molar-refractivity contribution in [2.45, 2.75) is 103 Å². The molecule has 2 fully saturated rings. The van der Waals surface area contributed by atoms with Gasteiger partial charge in [-0.25, -0.2) is 4.79 Å². The van der Waals surface area contributed by atoms with Crippen LogP contribution in [0.2, 0.25) is 18.1 Å². The van der Waals surface area contributed by atoms with E-state index in [9.17, 15) is 9.90 Å². The van der Waals surface area contributed by atoms with Crippen LogP contribution < -0.4 is 0 Å². The zero-order valence-electron chi connectivity index (χ0n) is 22.6. The van der Waals surface area contributed by atoms with E-state index in [1.165, 1.54) is 5.57 Å². The Labute approximate surface area is 211 Å². The Hall–Kier alpha value is -1.73. The van der Waals surface area contributed by atoms with Crippen LogP contribution in [0.25, 0.3) is 0 Å². The van der Waals surface area contributed by atoms with Gasteiger partial charge in [0.25, 0.3) is 0 Å². The number of carbonyl (C=O) groups excluding carboxylic acids is 1. The second-order valence-electron chi connectivity index (χ2n) is 12.5. The molecule has 5 nitrogen and oxygen atoms in total. The van der Waals surface area contributed by atoms with E-state index < -0.39 is 37.7 Å². The van der Waals surface area contributed by atoms with Crippen LogP contribution in [0.4, 0.5) is 0 Å². The van der Waals surface area contributed by atoms with Crippen LogP contribution in [0, 0.1) is 11.8 Å². The number of esters is 1. The van der Waals surface area contributed by atoms with Crippen LogP contribution in [0.3, 0.4) is 0 Å². The Morgan fingerprint density at radius 1 is 1.23 bits per heavy atom. The van der Waals surface area contributed by atoms with Crippen molar-refractivity contribution < 1.29 is 23.8 Å². The van der Waals surface area contributed by atoms with Gasteiger partial charge in [-0.05, 0) is 61.9 Å². The fraction of sp³-hybridized carbons (Fsp3) is 0.621. The lowest BCUT2D eigenvalue weighted by molar-refractivity contribution is -0.193. The highest BCUT2D eigenvalue weighted by molar-refractivity contribution is 6.74. The molecule has 1 saturated heterocycles. The Morgan fingerprint density at radius 3 is 2.46 bits per heavy atom. The zero-order chi connectivity index (χ0) is 26.0. The fourth-order valence-corrected chi connectivity index (χ4v) is 7.35. The molecule has 0 radical (unpaired) electrons. The van der Waals surface area contributed by atoms with Crippen molar-refractivity contribution in [2.24, 2.45) is 11.8 Å². The molecule has 1 heterocycles. The molecular formula is C29H42O5Si. The molecule has 0 amide bonds. The molecule has 35 heavy (non-hydrogen) atoms. The van der Waals surface area contributed by atoms with Gasteiger partial charge >= 0.3 is 5.97 Å². The van der Waals surface area contributed by atoms with Gasteiger partial charge in [0.05, 0.1) is 12.7 Å². The molecule has 2 aliphatic carbocycles. The second kappa shape index (κ2) is 8.68. The second-order valence-corrected chi connectivity index (χ2v) is 17.2. The van der Waals surface area contributed by atoms with E-state index in [1.807, 2.05) is 30.3 Å². The van der Waals surface area contributed by atoms with Gasteiger partial charge in [0.1, 0.15) is 0 Å². The first-order chi connectivity index (χ1) is 16.1. The Bertz CT molecular complexity index is 1040. The Morgan fingerprint density at radius 2 is 1.86 bits per heavy atom. The predicted molar refractivity (Wildman–Crippen MR) is 140 cm³/mol. The Kier molecular flexibility index (Phi) is 6.53. The molecule has 0 spiro atoms. The third kappa shape index (κ3) is 4.07. The summed E-state index contributed by atoms with van der Waals surface area (Å²) in [5, 5.41) is 12.6. The standard InChI is InChI=1S/C29H42O5Si/c1-18-15-22-19(2)16-23(32-17-21-13-11-10-12-14-21)29(31)25(24(22)20(18)3)33-26(30)28(29,7)34-35(8,9)27(4,5)6/h10-14,18,22-23,25,31H,2,15-17H2,1,3-9H3/t18-,22-,23-,25+,28-,29-/m1/s1. The van der Waals surface area contributed by atoms with Crippen molar-refractivity contribution in [2.75, 3.05) is 0 Å². The van der Waals surface area contributed by atoms with Crippen LogP contribution in [-0.4, -0.2) is 42.8 Å². The van der Waals surface area contributed by atoms with E-state index in [1.54, 1.807) is 6.92 Å². The maximum atomic E-state index is 13.7. The summed E-state index contributed by atoms with van der Waals surface area (Å²) in [5.41, 5.74) is 0.946. The largest absolute Gasteiger partial charge is 0.452 e. The summed E-state index contributed by atoms with van der Waals surface area (Å²) in [6, 6.07) is 9.89. The summed E-state index contributed by atoms with van der Waals surface area (Å²) < 4.78 is 19.4. The maximum absolute atomic E-state index is 13.7. The average molecular weight is 499 g/mol. The summed E-state index contributed by atoms with van der Waals surface area (Å²) in [7, 11) is -2.48. The number of allylic oxidation sites excluding steroid dienone is 1. The molecule has 192 valence electrons. The number of carbonyl (C=O) groups is 1. The number of benzene rings is 1. The number of rotatable bonds is 5. The highest BCUT2D eigenvalue weighted by atomic mass is 28.4. The molecule has 0 aromatic heterocycles. The monoisotopic (exact) mass is 498 g/mol. The van der Waals surface area contributed by atoms with Gasteiger partial charge in [-0.15, -0.1) is 0 Å². The molecule has 6 heteroatoms. The first-order valence-electron chi connectivity index (χ1n) is 12.8. The first-order valence-corrected chi connectivity index (χ1v) is 15.7. The van der Waals surface area contributed by atoms with Gasteiger partial charge in [-0.2, -0.15) is 0 Å². The molecule has 0 bridgehead atoms. The van der Waals surface area contributed by atoms with Gasteiger partial charge in [0, 0.05) is 5.92 Å². The van der Waals surface area contributed by atoms with Crippen LogP contribution in [0.15, 0.2) is 53.6 Å². The van der Waals surface area contributed by atoms with Gasteiger partial charge in [0.15, 0.2) is 25.6 Å². The number of ether oxygens (including phenoxy) is 2. The number of aliphatic hydroxyl groups is 1. The quantitative estimate of drug-likeness (QED) is 0.309. The van der Waals surface area contributed by atoms with Crippen molar-refractivity contribution in [3.05, 3.63) is 59.2 Å². The van der Waals surface area contributed by atoms with Crippen molar-refractivity contribution in [1.82, 2.24) is 0 Å². The molecule has 3 aliphatic rings. The van der Waals surface area contributed by atoms with Gasteiger partial charge < -0.3 is 19.0 Å². The average Bonchev–Trinajstić information content (AvgIpc) is 3.13. The van der Waals surface area contributed by atoms with Gasteiger partial charge in [-0.3, -0.25) is 0 Å². The molecule has 1 aliphatic heterocycles. The molecule has 1 N–H and O–H groups in total. The van der Waals surface area contributed by atoms with Crippen LogP contribution >= 0.6 is 0 Å².